The van der Waals surface area contributed by atoms with Gasteiger partial charge in [0.05, 0.1) is 16.6 Å². The zero-order chi connectivity index (χ0) is 21.0. The van der Waals surface area contributed by atoms with Gasteiger partial charge in [0.1, 0.15) is 23.4 Å². The highest BCUT2D eigenvalue weighted by Crippen LogP contribution is 2.35. The third-order valence-electron chi connectivity index (χ3n) is 4.34. The van der Waals surface area contributed by atoms with E-state index < -0.39 is 4.92 Å². The van der Waals surface area contributed by atoms with Crippen LogP contribution >= 0.6 is 11.6 Å². The number of carbonyl (C=O) groups is 1. The molecule has 8 nitrogen and oxygen atoms in total. The number of non-ortho nitro benzene ring substituents is 1. The van der Waals surface area contributed by atoms with Crippen molar-refractivity contribution in [3.63, 3.8) is 0 Å². The molecule has 0 bridgehead atoms. The number of halogens is 1. The largest absolute Gasteiger partial charge is 0.494 e. The summed E-state index contributed by atoms with van der Waals surface area (Å²) in [6.45, 7) is 4.38. The van der Waals surface area contributed by atoms with Crippen molar-refractivity contribution in [2.75, 3.05) is 13.2 Å². The number of hydrogen-bond acceptors (Lipinski definition) is 6. The zero-order valence-electron chi connectivity index (χ0n) is 16.1. The van der Waals surface area contributed by atoms with Gasteiger partial charge in [-0.25, -0.2) is 0 Å². The van der Waals surface area contributed by atoms with Crippen molar-refractivity contribution in [2.24, 2.45) is 0 Å². The van der Waals surface area contributed by atoms with E-state index in [9.17, 15) is 14.9 Å². The average Bonchev–Trinajstić information content (AvgIpc) is 3.04. The van der Waals surface area contributed by atoms with Crippen LogP contribution in [-0.2, 0) is 17.8 Å². The van der Waals surface area contributed by atoms with Gasteiger partial charge in [-0.15, -0.1) is 0 Å². The number of nitrogens with one attached hydrogen (secondary N) is 1. The van der Waals surface area contributed by atoms with Gasteiger partial charge in [-0.1, -0.05) is 11.6 Å². The van der Waals surface area contributed by atoms with Crippen LogP contribution in [0.4, 0.5) is 5.69 Å². The average molecular weight is 421 g/mol. The summed E-state index contributed by atoms with van der Waals surface area (Å²) >= 11 is 5.96. The Morgan fingerprint density at radius 2 is 2.10 bits per heavy atom. The molecular weight excluding hydrogens is 400 g/mol. The van der Waals surface area contributed by atoms with E-state index in [1.54, 1.807) is 0 Å². The van der Waals surface area contributed by atoms with E-state index in [1.165, 1.54) is 18.2 Å². The van der Waals surface area contributed by atoms with Crippen LogP contribution in [0.2, 0.25) is 5.02 Å². The summed E-state index contributed by atoms with van der Waals surface area (Å²) in [6, 6.07) is 7.64. The second-order valence-electron chi connectivity index (χ2n) is 6.57. The number of rotatable bonds is 8. The predicted molar refractivity (Wildman–Crippen MR) is 107 cm³/mol. The van der Waals surface area contributed by atoms with Crippen LogP contribution in [0, 0.1) is 10.1 Å². The lowest BCUT2D eigenvalue weighted by atomic mass is 10.1. The number of ether oxygens (including phenoxy) is 3. The fourth-order valence-electron chi connectivity index (χ4n) is 3.02. The van der Waals surface area contributed by atoms with Gasteiger partial charge in [0.2, 0.25) is 0 Å². The number of benzene rings is 2. The van der Waals surface area contributed by atoms with E-state index in [4.69, 9.17) is 25.8 Å². The maximum absolute atomic E-state index is 12.2. The summed E-state index contributed by atoms with van der Waals surface area (Å²) in [5.74, 6) is 1.35. The minimum absolute atomic E-state index is 0.0653. The molecule has 0 radical (unpaired) electrons. The molecule has 1 N–H and O–H groups in total. The predicted octanol–water partition coefficient (Wildman–Crippen LogP) is 3.67. The van der Waals surface area contributed by atoms with Crippen molar-refractivity contribution in [3.05, 3.63) is 56.6 Å². The van der Waals surface area contributed by atoms with Gasteiger partial charge < -0.3 is 19.5 Å². The summed E-state index contributed by atoms with van der Waals surface area (Å²) in [7, 11) is 0. The van der Waals surface area contributed by atoms with E-state index in [-0.39, 0.29) is 41.6 Å². The third-order valence-corrected chi connectivity index (χ3v) is 4.64. The van der Waals surface area contributed by atoms with Gasteiger partial charge in [-0.05, 0) is 32.0 Å². The summed E-state index contributed by atoms with van der Waals surface area (Å²) in [5.41, 5.74) is 1.75. The van der Waals surface area contributed by atoms with Crippen molar-refractivity contribution in [3.8, 4) is 17.2 Å². The molecule has 1 aliphatic rings. The second kappa shape index (κ2) is 9.00. The fraction of sp³-hybridized carbons (Fsp3) is 0.350. The Hall–Kier alpha value is -3.00. The number of fused-ring (bicyclic) bond motifs is 1. The molecule has 0 aromatic heterocycles. The smallest absolute Gasteiger partial charge is 0.271 e. The van der Waals surface area contributed by atoms with Crippen molar-refractivity contribution < 1.29 is 23.9 Å². The van der Waals surface area contributed by atoms with Crippen LogP contribution in [0.3, 0.4) is 0 Å². The van der Waals surface area contributed by atoms with Gasteiger partial charge >= 0.3 is 0 Å². The van der Waals surface area contributed by atoms with Crippen molar-refractivity contribution in [2.45, 2.75) is 32.9 Å². The van der Waals surface area contributed by atoms with E-state index >= 15 is 0 Å². The Balaban J connectivity index is 1.59. The van der Waals surface area contributed by atoms with E-state index in [2.05, 4.69) is 5.32 Å². The summed E-state index contributed by atoms with van der Waals surface area (Å²) < 4.78 is 16.8. The minimum Gasteiger partial charge on any atom is -0.494 e. The molecule has 1 atom stereocenters. The number of carbonyl (C=O) groups excluding carboxylic acids is 1. The van der Waals surface area contributed by atoms with Gasteiger partial charge in [0, 0.05) is 36.2 Å². The molecule has 0 saturated carbocycles. The molecule has 0 fully saturated rings. The Kier molecular flexibility index (Phi) is 6.43. The number of nitro groups is 1. The Morgan fingerprint density at radius 3 is 2.79 bits per heavy atom. The maximum atomic E-state index is 12.2. The highest BCUT2D eigenvalue weighted by Gasteiger charge is 2.22. The first-order valence-corrected chi connectivity index (χ1v) is 9.53. The van der Waals surface area contributed by atoms with Crippen LogP contribution < -0.4 is 19.5 Å². The van der Waals surface area contributed by atoms with E-state index in [0.29, 0.717) is 12.4 Å². The molecule has 1 aliphatic heterocycles. The van der Waals surface area contributed by atoms with Crippen LogP contribution in [0.5, 0.6) is 17.2 Å². The van der Waals surface area contributed by atoms with Crippen LogP contribution in [-0.4, -0.2) is 30.1 Å². The van der Waals surface area contributed by atoms with Crippen molar-refractivity contribution in [1.29, 1.82) is 0 Å². The van der Waals surface area contributed by atoms with Crippen LogP contribution in [0.1, 0.15) is 25.0 Å². The highest BCUT2D eigenvalue weighted by molar-refractivity contribution is 6.32. The number of nitrogens with zero attached hydrogens (tertiary/aromatic N) is 1. The summed E-state index contributed by atoms with van der Waals surface area (Å²) in [6.07, 6.45) is 0.940. The summed E-state index contributed by atoms with van der Waals surface area (Å²) in [4.78, 5) is 22.4. The van der Waals surface area contributed by atoms with Crippen molar-refractivity contribution in [1.82, 2.24) is 5.32 Å². The number of nitro benzene ring substituents is 1. The van der Waals surface area contributed by atoms with E-state index in [1.807, 2.05) is 26.0 Å². The molecule has 9 heteroatoms. The monoisotopic (exact) mass is 420 g/mol. The van der Waals surface area contributed by atoms with Crippen LogP contribution in [0.15, 0.2) is 30.3 Å². The Bertz CT molecular complexity index is 933. The molecule has 3 rings (SSSR count). The van der Waals surface area contributed by atoms with Gasteiger partial charge in [-0.2, -0.15) is 0 Å². The minimum atomic E-state index is -0.556. The standard InChI is InChI=1S/C20H21ClN2O6/c1-3-27-18-7-13-6-12(2)29-19(13)8-14(18)10-22-20(24)11-28-17-5-4-15(23(25)26)9-16(17)21/h4-5,7-9,12H,3,6,10-11H2,1-2H3,(H,22,24)/t12-/m1/s1. The van der Waals surface area contributed by atoms with Crippen LogP contribution in [0.25, 0.3) is 0 Å². The fourth-order valence-corrected chi connectivity index (χ4v) is 3.25. The normalized spacial score (nSPS) is 14.7. The first kappa shape index (κ1) is 20.7. The molecule has 0 aliphatic carbocycles. The van der Waals surface area contributed by atoms with Gasteiger partial charge in [0.15, 0.2) is 6.61 Å². The molecule has 0 unspecified atom stereocenters. The molecule has 2 aromatic carbocycles. The first-order chi connectivity index (χ1) is 13.9. The van der Waals surface area contributed by atoms with Gasteiger partial charge in [-0.3, -0.25) is 14.9 Å². The lowest BCUT2D eigenvalue weighted by molar-refractivity contribution is -0.384. The molecule has 0 saturated heterocycles. The molecule has 2 aromatic rings. The molecule has 154 valence electrons. The van der Waals surface area contributed by atoms with E-state index in [0.717, 1.165) is 23.3 Å². The Morgan fingerprint density at radius 1 is 1.31 bits per heavy atom. The van der Waals surface area contributed by atoms with Crippen molar-refractivity contribution >= 4 is 23.2 Å². The lowest BCUT2D eigenvalue weighted by Gasteiger charge is -2.14. The third kappa shape index (κ3) is 5.08. The summed E-state index contributed by atoms with van der Waals surface area (Å²) in [5, 5.41) is 13.6. The number of hydrogen-bond donors (Lipinski definition) is 1. The molecule has 1 amide bonds. The number of amides is 1. The molecule has 29 heavy (non-hydrogen) atoms. The SMILES string of the molecule is CCOc1cc2c(cc1CNC(=O)COc1ccc([N+](=O)[O-])cc1Cl)O[C@H](C)C2. The Labute approximate surface area is 172 Å². The molecule has 0 spiro atoms. The first-order valence-electron chi connectivity index (χ1n) is 9.16. The van der Waals surface area contributed by atoms with Gasteiger partial charge in [0.25, 0.3) is 11.6 Å². The zero-order valence-corrected chi connectivity index (χ0v) is 16.8. The lowest BCUT2D eigenvalue weighted by Crippen LogP contribution is -2.28. The second-order valence-corrected chi connectivity index (χ2v) is 6.98. The highest BCUT2D eigenvalue weighted by atomic mass is 35.5. The molecular formula is C20H21ClN2O6. The quantitative estimate of drug-likeness (QED) is 0.516. The molecule has 1 heterocycles. The topological polar surface area (TPSA) is 99.9 Å². The maximum Gasteiger partial charge on any atom is 0.271 e.